The molecule has 0 saturated carbocycles. The Labute approximate surface area is 167 Å². The Bertz CT molecular complexity index is 1060. The van der Waals surface area contributed by atoms with E-state index in [9.17, 15) is 20.2 Å². The summed E-state index contributed by atoms with van der Waals surface area (Å²) in [6.45, 7) is 6.36. The van der Waals surface area contributed by atoms with Gasteiger partial charge in [0.05, 0.1) is 27.7 Å². The van der Waals surface area contributed by atoms with E-state index in [1.165, 1.54) is 12.1 Å². The fraction of sp³-hybridized carbons (Fsp3) is 0.250. The fourth-order valence-electron chi connectivity index (χ4n) is 3.31. The Kier molecular flexibility index (Phi) is 5.06. The number of nitro groups is 2. The highest BCUT2D eigenvalue weighted by molar-refractivity contribution is 5.88. The second-order valence-electron chi connectivity index (χ2n) is 7.40. The van der Waals surface area contributed by atoms with Gasteiger partial charge in [-0.05, 0) is 50.1 Å². The van der Waals surface area contributed by atoms with Crippen LogP contribution in [0.2, 0.25) is 0 Å². The molecule has 1 N–H and O–H groups in total. The third kappa shape index (κ3) is 3.93. The molecular weight excluding hydrogens is 374 g/mol. The van der Waals surface area contributed by atoms with E-state index in [-0.39, 0.29) is 16.9 Å². The fourth-order valence-corrected chi connectivity index (χ4v) is 3.31. The van der Waals surface area contributed by atoms with Crippen molar-refractivity contribution in [2.45, 2.75) is 26.3 Å². The van der Waals surface area contributed by atoms with Gasteiger partial charge in [-0.3, -0.25) is 25.7 Å². The summed E-state index contributed by atoms with van der Waals surface area (Å²) < 4.78 is 0. The molecular formula is C20H21N5O4. The van der Waals surface area contributed by atoms with Crippen LogP contribution in [-0.2, 0) is 0 Å². The predicted octanol–water partition coefficient (Wildman–Crippen LogP) is 4.58. The molecule has 1 aliphatic rings. The first kappa shape index (κ1) is 20.0. The maximum Gasteiger partial charge on any atom is 0.301 e. The maximum absolute atomic E-state index is 11.2. The van der Waals surface area contributed by atoms with Gasteiger partial charge < -0.3 is 4.90 Å². The van der Waals surface area contributed by atoms with E-state index in [4.69, 9.17) is 0 Å². The molecule has 0 amide bonds. The summed E-state index contributed by atoms with van der Waals surface area (Å²) in [4.78, 5) is 22.8. The van der Waals surface area contributed by atoms with Crippen molar-refractivity contribution in [1.29, 1.82) is 0 Å². The number of hydrogen-bond acceptors (Lipinski definition) is 7. The summed E-state index contributed by atoms with van der Waals surface area (Å²) in [5, 5.41) is 26.1. The van der Waals surface area contributed by atoms with Gasteiger partial charge in [0.1, 0.15) is 5.69 Å². The van der Waals surface area contributed by atoms with Gasteiger partial charge in [-0.1, -0.05) is 12.1 Å². The van der Waals surface area contributed by atoms with Crippen LogP contribution in [0.4, 0.5) is 22.7 Å². The molecule has 29 heavy (non-hydrogen) atoms. The molecule has 0 spiro atoms. The van der Waals surface area contributed by atoms with Crippen molar-refractivity contribution in [3.05, 3.63) is 73.8 Å². The molecule has 9 nitrogen and oxygen atoms in total. The largest absolute Gasteiger partial charge is 0.366 e. The third-order valence-corrected chi connectivity index (χ3v) is 5.03. The molecule has 0 aliphatic carbocycles. The molecule has 1 aliphatic heterocycles. The minimum Gasteiger partial charge on any atom is -0.366 e. The Morgan fingerprint density at radius 2 is 1.83 bits per heavy atom. The lowest BCUT2D eigenvalue weighted by Crippen LogP contribution is -2.42. The van der Waals surface area contributed by atoms with E-state index in [0.29, 0.717) is 0 Å². The summed E-state index contributed by atoms with van der Waals surface area (Å²) in [6, 6.07) is 9.30. The van der Waals surface area contributed by atoms with E-state index >= 15 is 0 Å². The Balaban J connectivity index is 1.85. The molecule has 0 radical (unpaired) electrons. The van der Waals surface area contributed by atoms with E-state index in [0.717, 1.165) is 28.5 Å². The number of rotatable bonds is 5. The van der Waals surface area contributed by atoms with Crippen LogP contribution in [0.1, 0.15) is 31.9 Å². The van der Waals surface area contributed by atoms with Gasteiger partial charge in [0.15, 0.2) is 0 Å². The van der Waals surface area contributed by atoms with Crippen molar-refractivity contribution in [2.75, 3.05) is 17.4 Å². The molecule has 2 aromatic carbocycles. The molecule has 1 heterocycles. The molecule has 150 valence electrons. The summed E-state index contributed by atoms with van der Waals surface area (Å²) in [5.74, 6) is 0. The lowest BCUT2D eigenvalue weighted by Gasteiger charge is -2.40. The molecule has 9 heteroatoms. The van der Waals surface area contributed by atoms with Crippen LogP contribution in [0.3, 0.4) is 0 Å². The predicted molar refractivity (Wildman–Crippen MR) is 114 cm³/mol. The van der Waals surface area contributed by atoms with Crippen molar-refractivity contribution in [3.8, 4) is 0 Å². The quantitative estimate of drug-likeness (QED) is 0.450. The normalized spacial score (nSPS) is 15.0. The monoisotopic (exact) mass is 395 g/mol. The number of non-ortho nitro benzene ring substituents is 1. The second-order valence-corrected chi connectivity index (χ2v) is 7.40. The first-order valence-electron chi connectivity index (χ1n) is 8.90. The van der Waals surface area contributed by atoms with Gasteiger partial charge >= 0.3 is 5.69 Å². The molecule has 0 aromatic heterocycles. The zero-order valence-corrected chi connectivity index (χ0v) is 16.5. The van der Waals surface area contributed by atoms with Crippen molar-refractivity contribution >= 4 is 34.5 Å². The van der Waals surface area contributed by atoms with Gasteiger partial charge in [-0.25, -0.2) is 0 Å². The lowest BCUT2D eigenvalue weighted by molar-refractivity contribution is -0.393. The van der Waals surface area contributed by atoms with Gasteiger partial charge in [0.2, 0.25) is 0 Å². The third-order valence-electron chi connectivity index (χ3n) is 5.03. The highest BCUT2D eigenvalue weighted by atomic mass is 16.6. The summed E-state index contributed by atoms with van der Waals surface area (Å²) in [6.07, 6.45) is 3.76. The van der Waals surface area contributed by atoms with Gasteiger partial charge in [-0.2, -0.15) is 5.10 Å². The van der Waals surface area contributed by atoms with Crippen LogP contribution in [0.5, 0.6) is 0 Å². The van der Waals surface area contributed by atoms with Crippen LogP contribution >= 0.6 is 0 Å². The Morgan fingerprint density at radius 1 is 1.10 bits per heavy atom. The van der Waals surface area contributed by atoms with Crippen molar-refractivity contribution in [1.82, 2.24) is 0 Å². The number of hydrazone groups is 1. The molecule has 0 fully saturated rings. The molecule has 0 atom stereocenters. The van der Waals surface area contributed by atoms with Gasteiger partial charge in [0, 0.05) is 24.4 Å². The van der Waals surface area contributed by atoms with Crippen LogP contribution < -0.4 is 10.3 Å². The van der Waals surface area contributed by atoms with E-state index < -0.39 is 15.5 Å². The minimum atomic E-state index is -0.685. The average Bonchev–Trinajstić information content (AvgIpc) is 2.66. The minimum absolute atomic E-state index is 0.0763. The van der Waals surface area contributed by atoms with E-state index in [2.05, 4.69) is 42.3 Å². The number of anilines is 2. The molecule has 2 aromatic rings. The van der Waals surface area contributed by atoms with Crippen molar-refractivity contribution in [3.63, 3.8) is 0 Å². The standard InChI is InChI=1S/C20H21N5O4/c1-13-11-20(2,3)23(4)18-8-5-14(9-16(13)18)12-21-22-17-7-6-15(24(26)27)10-19(17)25(28)29/h5-12,22H,1-4H3/b21-12-. The second kappa shape index (κ2) is 7.34. The Hall–Kier alpha value is -3.75. The zero-order valence-electron chi connectivity index (χ0n) is 16.5. The van der Waals surface area contributed by atoms with E-state index in [1.807, 2.05) is 25.2 Å². The SMILES string of the molecule is CC1=CC(C)(C)N(C)c2ccc(/C=N\Nc3ccc([N+](=O)[O-])cc3[N+](=O)[O-])cc21. The molecule has 0 bridgehead atoms. The number of fused-ring (bicyclic) bond motifs is 1. The zero-order chi connectivity index (χ0) is 21.3. The summed E-state index contributed by atoms with van der Waals surface area (Å²) >= 11 is 0. The van der Waals surface area contributed by atoms with Crippen LogP contribution in [0.15, 0.2) is 47.6 Å². The number of nitro benzene ring substituents is 2. The van der Waals surface area contributed by atoms with Gasteiger partial charge in [0.25, 0.3) is 5.69 Å². The Morgan fingerprint density at radius 3 is 2.48 bits per heavy atom. The number of likely N-dealkylation sites (N-methyl/N-ethyl adjacent to an activating group) is 1. The smallest absolute Gasteiger partial charge is 0.301 e. The van der Waals surface area contributed by atoms with Crippen LogP contribution in [0, 0.1) is 20.2 Å². The molecule has 3 rings (SSSR count). The van der Waals surface area contributed by atoms with Crippen molar-refractivity contribution < 1.29 is 9.85 Å². The molecule has 0 saturated heterocycles. The van der Waals surface area contributed by atoms with Crippen molar-refractivity contribution in [2.24, 2.45) is 5.10 Å². The topological polar surface area (TPSA) is 114 Å². The maximum atomic E-state index is 11.2. The molecule has 0 unspecified atom stereocenters. The van der Waals surface area contributed by atoms with E-state index in [1.54, 1.807) is 6.21 Å². The number of benzene rings is 2. The number of nitrogens with zero attached hydrogens (tertiary/aromatic N) is 4. The number of hydrogen-bond donors (Lipinski definition) is 1. The highest BCUT2D eigenvalue weighted by Gasteiger charge is 2.28. The summed E-state index contributed by atoms with van der Waals surface area (Å²) in [7, 11) is 2.05. The highest BCUT2D eigenvalue weighted by Crippen LogP contribution is 2.38. The average molecular weight is 395 g/mol. The number of allylic oxidation sites excluding steroid dienone is 1. The number of nitrogens with one attached hydrogen (secondary N) is 1. The lowest BCUT2D eigenvalue weighted by atomic mass is 9.89. The summed E-state index contributed by atoms with van der Waals surface area (Å²) in [5.41, 5.74) is 6.03. The van der Waals surface area contributed by atoms with Crippen LogP contribution in [0.25, 0.3) is 5.57 Å². The first-order chi connectivity index (χ1) is 13.6. The van der Waals surface area contributed by atoms with Crippen LogP contribution in [-0.4, -0.2) is 28.6 Å². The first-order valence-corrected chi connectivity index (χ1v) is 8.90. The van der Waals surface area contributed by atoms with Gasteiger partial charge in [-0.15, -0.1) is 0 Å².